The van der Waals surface area contributed by atoms with Crippen molar-refractivity contribution in [3.8, 4) is 0 Å². The Morgan fingerprint density at radius 2 is 1.84 bits per heavy atom. The number of carboxylic acid groups (broad SMARTS) is 1. The molecule has 0 bridgehead atoms. The highest BCUT2D eigenvalue weighted by Crippen LogP contribution is 2.25. The molecule has 1 saturated carbocycles. The quantitative estimate of drug-likeness (QED) is 0.823. The van der Waals surface area contributed by atoms with Crippen LogP contribution in [0.25, 0.3) is 0 Å². The molecule has 5 nitrogen and oxygen atoms in total. The van der Waals surface area contributed by atoms with Gasteiger partial charge in [0, 0.05) is 13.6 Å². The SMILES string of the molecule is CN(CC1CCCC1)C(=O)NC(C(=O)O)C(C)(C)C. The maximum atomic E-state index is 12.0. The molecule has 0 aromatic heterocycles. The minimum Gasteiger partial charge on any atom is -0.480 e. The summed E-state index contributed by atoms with van der Waals surface area (Å²) in [4.78, 5) is 24.9. The van der Waals surface area contributed by atoms with Crippen molar-refractivity contribution in [2.45, 2.75) is 52.5 Å². The zero-order chi connectivity index (χ0) is 14.6. The van der Waals surface area contributed by atoms with Gasteiger partial charge in [-0.05, 0) is 24.2 Å². The number of carbonyl (C=O) groups excluding carboxylic acids is 1. The van der Waals surface area contributed by atoms with Crippen LogP contribution in [0, 0.1) is 11.3 Å². The van der Waals surface area contributed by atoms with Gasteiger partial charge in [0.25, 0.3) is 0 Å². The number of carbonyl (C=O) groups is 2. The van der Waals surface area contributed by atoms with Gasteiger partial charge in [0.2, 0.25) is 0 Å². The fourth-order valence-corrected chi connectivity index (χ4v) is 2.55. The zero-order valence-corrected chi connectivity index (χ0v) is 12.4. The van der Waals surface area contributed by atoms with Crippen molar-refractivity contribution in [2.24, 2.45) is 11.3 Å². The first-order chi connectivity index (χ1) is 8.71. The summed E-state index contributed by atoms with van der Waals surface area (Å²) in [7, 11) is 1.73. The Morgan fingerprint density at radius 1 is 1.32 bits per heavy atom. The Kier molecular flexibility index (Phi) is 5.20. The van der Waals surface area contributed by atoms with Crippen LogP contribution in [0.2, 0.25) is 0 Å². The van der Waals surface area contributed by atoms with Crippen LogP contribution < -0.4 is 5.32 Å². The summed E-state index contributed by atoms with van der Waals surface area (Å²) in [5.41, 5.74) is -0.504. The third kappa shape index (κ3) is 4.73. The summed E-state index contributed by atoms with van der Waals surface area (Å²) in [6.45, 7) is 6.14. The lowest BCUT2D eigenvalue weighted by Crippen LogP contribution is -2.53. The van der Waals surface area contributed by atoms with E-state index in [1.807, 2.05) is 20.8 Å². The number of hydrogen-bond donors (Lipinski definition) is 2. The smallest absolute Gasteiger partial charge is 0.326 e. The molecule has 1 unspecified atom stereocenters. The van der Waals surface area contributed by atoms with Gasteiger partial charge < -0.3 is 15.3 Å². The van der Waals surface area contributed by atoms with E-state index < -0.39 is 17.4 Å². The number of carboxylic acids is 1. The number of hydrogen-bond acceptors (Lipinski definition) is 2. The molecule has 1 atom stereocenters. The van der Waals surface area contributed by atoms with Crippen LogP contribution >= 0.6 is 0 Å². The van der Waals surface area contributed by atoms with E-state index in [0.29, 0.717) is 12.5 Å². The molecule has 1 fully saturated rings. The van der Waals surface area contributed by atoms with Crippen LogP contribution in [0.1, 0.15) is 46.5 Å². The van der Waals surface area contributed by atoms with E-state index in [2.05, 4.69) is 5.32 Å². The number of aliphatic carboxylic acids is 1. The highest BCUT2D eigenvalue weighted by atomic mass is 16.4. The van der Waals surface area contributed by atoms with Crippen molar-refractivity contribution in [1.29, 1.82) is 0 Å². The topological polar surface area (TPSA) is 69.6 Å². The van der Waals surface area contributed by atoms with Crippen molar-refractivity contribution in [3.05, 3.63) is 0 Å². The van der Waals surface area contributed by atoms with Crippen LogP contribution in [-0.2, 0) is 4.79 Å². The van der Waals surface area contributed by atoms with Crippen molar-refractivity contribution >= 4 is 12.0 Å². The molecule has 1 rings (SSSR count). The average molecular weight is 270 g/mol. The van der Waals surface area contributed by atoms with Gasteiger partial charge in [0.1, 0.15) is 6.04 Å². The first kappa shape index (κ1) is 15.8. The molecule has 2 N–H and O–H groups in total. The fraction of sp³-hybridized carbons (Fsp3) is 0.857. The third-order valence-electron chi connectivity index (χ3n) is 3.73. The summed E-state index contributed by atoms with van der Waals surface area (Å²) in [6.07, 6.45) is 4.80. The van der Waals surface area contributed by atoms with Gasteiger partial charge in [-0.1, -0.05) is 33.6 Å². The second-order valence-electron chi connectivity index (χ2n) is 6.62. The van der Waals surface area contributed by atoms with Crippen LogP contribution in [0.4, 0.5) is 4.79 Å². The molecule has 0 radical (unpaired) electrons. The maximum Gasteiger partial charge on any atom is 0.326 e. The molecule has 1 aliphatic carbocycles. The minimum atomic E-state index is -0.991. The van der Waals surface area contributed by atoms with Gasteiger partial charge in [-0.15, -0.1) is 0 Å². The molecule has 0 saturated heterocycles. The van der Waals surface area contributed by atoms with E-state index in [4.69, 9.17) is 0 Å². The second-order valence-corrected chi connectivity index (χ2v) is 6.62. The summed E-state index contributed by atoms with van der Waals surface area (Å²) in [5, 5.41) is 11.8. The first-order valence-electron chi connectivity index (χ1n) is 6.96. The van der Waals surface area contributed by atoms with Crippen LogP contribution in [0.5, 0.6) is 0 Å². The molecular formula is C14H26N2O3. The number of urea groups is 1. The van der Waals surface area contributed by atoms with Crippen LogP contribution in [0.15, 0.2) is 0 Å². The molecule has 19 heavy (non-hydrogen) atoms. The summed E-state index contributed by atoms with van der Waals surface area (Å²) in [6, 6.07) is -1.17. The molecule has 1 aliphatic rings. The van der Waals surface area contributed by atoms with E-state index in [9.17, 15) is 14.7 Å². The number of amides is 2. The lowest BCUT2D eigenvalue weighted by Gasteiger charge is -2.30. The summed E-state index contributed by atoms with van der Waals surface area (Å²) in [5.74, 6) is -0.427. The van der Waals surface area contributed by atoms with Gasteiger partial charge in [-0.2, -0.15) is 0 Å². The highest BCUT2D eigenvalue weighted by Gasteiger charge is 2.33. The zero-order valence-electron chi connectivity index (χ0n) is 12.4. The molecule has 0 aliphatic heterocycles. The maximum absolute atomic E-state index is 12.0. The Balaban J connectivity index is 2.53. The van der Waals surface area contributed by atoms with Gasteiger partial charge in [0.15, 0.2) is 0 Å². The van der Waals surface area contributed by atoms with Gasteiger partial charge in [-0.25, -0.2) is 9.59 Å². The van der Waals surface area contributed by atoms with E-state index in [0.717, 1.165) is 0 Å². The number of nitrogens with one attached hydrogen (secondary N) is 1. The molecule has 0 heterocycles. The van der Waals surface area contributed by atoms with Gasteiger partial charge >= 0.3 is 12.0 Å². The first-order valence-corrected chi connectivity index (χ1v) is 6.96. The third-order valence-corrected chi connectivity index (χ3v) is 3.73. The molecule has 2 amide bonds. The molecule has 0 spiro atoms. The lowest BCUT2D eigenvalue weighted by atomic mass is 9.87. The molecule has 110 valence electrons. The molecule has 5 heteroatoms. The predicted octanol–water partition coefficient (Wildman–Crippen LogP) is 2.32. The Bertz CT molecular complexity index is 330. The average Bonchev–Trinajstić information content (AvgIpc) is 2.75. The van der Waals surface area contributed by atoms with E-state index >= 15 is 0 Å². The molecular weight excluding hydrogens is 244 g/mol. The number of rotatable bonds is 4. The Labute approximate surface area is 115 Å². The van der Waals surface area contributed by atoms with Gasteiger partial charge in [-0.3, -0.25) is 0 Å². The largest absolute Gasteiger partial charge is 0.480 e. The Hall–Kier alpha value is -1.26. The van der Waals surface area contributed by atoms with Crippen molar-refractivity contribution in [2.75, 3.05) is 13.6 Å². The van der Waals surface area contributed by atoms with E-state index in [-0.39, 0.29) is 6.03 Å². The standard InChI is InChI=1S/C14H26N2O3/c1-14(2,3)11(12(17)18)15-13(19)16(4)9-10-7-5-6-8-10/h10-11H,5-9H2,1-4H3,(H,15,19)(H,17,18). The summed E-state index contributed by atoms with van der Waals surface area (Å²) < 4.78 is 0. The predicted molar refractivity (Wildman–Crippen MR) is 74.0 cm³/mol. The molecule has 0 aromatic carbocycles. The van der Waals surface area contributed by atoms with E-state index in [1.165, 1.54) is 25.7 Å². The lowest BCUT2D eigenvalue weighted by molar-refractivity contribution is -0.142. The normalized spacial score (nSPS) is 18.1. The fourth-order valence-electron chi connectivity index (χ4n) is 2.55. The van der Waals surface area contributed by atoms with Crippen molar-refractivity contribution < 1.29 is 14.7 Å². The molecule has 0 aromatic rings. The van der Waals surface area contributed by atoms with Crippen molar-refractivity contribution in [1.82, 2.24) is 10.2 Å². The Morgan fingerprint density at radius 3 is 2.26 bits per heavy atom. The van der Waals surface area contributed by atoms with Gasteiger partial charge in [0.05, 0.1) is 0 Å². The minimum absolute atomic E-state index is 0.297. The van der Waals surface area contributed by atoms with Crippen LogP contribution in [0.3, 0.4) is 0 Å². The van der Waals surface area contributed by atoms with Crippen molar-refractivity contribution in [3.63, 3.8) is 0 Å². The van der Waals surface area contributed by atoms with Crippen LogP contribution in [-0.4, -0.2) is 41.6 Å². The van der Waals surface area contributed by atoms with E-state index in [1.54, 1.807) is 11.9 Å². The highest BCUT2D eigenvalue weighted by molar-refractivity contribution is 5.83. The summed E-state index contributed by atoms with van der Waals surface area (Å²) >= 11 is 0. The monoisotopic (exact) mass is 270 g/mol. The number of nitrogens with zero attached hydrogens (tertiary/aromatic N) is 1. The second kappa shape index (κ2) is 6.26.